The van der Waals surface area contributed by atoms with Gasteiger partial charge in [-0.1, -0.05) is 6.07 Å². The summed E-state index contributed by atoms with van der Waals surface area (Å²) in [4.78, 5) is 11.4. The number of rotatable bonds is 3. The third-order valence-corrected chi connectivity index (χ3v) is 3.73. The molecule has 1 aromatic carbocycles. The molecule has 1 fully saturated rings. The number of nitrogens with zero attached hydrogens (tertiary/aromatic N) is 1. The van der Waals surface area contributed by atoms with E-state index in [1.54, 1.807) is 7.05 Å². The molecule has 0 atom stereocenters. The van der Waals surface area contributed by atoms with Crippen molar-refractivity contribution in [1.29, 1.82) is 0 Å². The summed E-state index contributed by atoms with van der Waals surface area (Å²) >= 11 is 0. The Kier molecular flexibility index (Phi) is 2.16. The van der Waals surface area contributed by atoms with E-state index in [-0.39, 0.29) is 17.8 Å². The van der Waals surface area contributed by atoms with Gasteiger partial charge < -0.3 is 9.52 Å². The van der Waals surface area contributed by atoms with E-state index in [9.17, 15) is 9.90 Å². The number of aryl methyl sites for hydroxylation is 1. The van der Waals surface area contributed by atoms with Crippen molar-refractivity contribution in [3.63, 3.8) is 0 Å². The summed E-state index contributed by atoms with van der Waals surface area (Å²) in [5.74, 6) is -0.333. The molecule has 1 aromatic heterocycles. The Morgan fingerprint density at radius 1 is 1.47 bits per heavy atom. The smallest absolute Gasteiger partial charge is 0.408 e. The zero-order chi connectivity index (χ0) is 12.0. The number of aliphatic hydroxyl groups is 1. The van der Waals surface area contributed by atoms with Crippen LogP contribution >= 0.6 is 0 Å². The average molecular weight is 233 g/mol. The van der Waals surface area contributed by atoms with E-state index in [2.05, 4.69) is 0 Å². The van der Waals surface area contributed by atoms with Gasteiger partial charge in [0.1, 0.15) is 0 Å². The molecule has 0 radical (unpaired) electrons. The Bertz CT molecular complexity index is 619. The minimum atomic E-state index is -0.333. The number of aromatic nitrogens is 1. The van der Waals surface area contributed by atoms with Crippen LogP contribution in [0.15, 0.2) is 27.4 Å². The number of fused-ring (bicyclic) bond motifs is 1. The highest BCUT2D eigenvalue weighted by Gasteiger charge is 2.41. The first kappa shape index (κ1) is 10.6. The van der Waals surface area contributed by atoms with Crippen LogP contribution in [-0.4, -0.2) is 16.3 Å². The summed E-state index contributed by atoms with van der Waals surface area (Å²) in [6, 6.07) is 5.82. The largest absolute Gasteiger partial charge is 0.419 e. The quantitative estimate of drug-likeness (QED) is 0.872. The van der Waals surface area contributed by atoms with Gasteiger partial charge in [-0.05, 0) is 42.4 Å². The molecule has 4 nitrogen and oxygen atoms in total. The molecule has 0 unspecified atom stereocenters. The lowest BCUT2D eigenvalue weighted by Gasteiger charge is -2.10. The lowest BCUT2D eigenvalue weighted by molar-refractivity contribution is 0.211. The van der Waals surface area contributed by atoms with Crippen LogP contribution < -0.4 is 5.76 Å². The van der Waals surface area contributed by atoms with Gasteiger partial charge in [0, 0.05) is 13.7 Å². The third-order valence-electron chi connectivity index (χ3n) is 3.73. The van der Waals surface area contributed by atoms with Crippen LogP contribution in [0.1, 0.15) is 18.4 Å². The van der Waals surface area contributed by atoms with E-state index < -0.39 is 0 Å². The van der Waals surface area contributed by atoms with Crippen molar-refractivity contribution in [2.75, 3.05) is 6.61 Å². The van der Waals surface area contributed by atoms with Crippen LogP contribution in [0.25, 0.3) is 11.1 Å². The van der Waals surface area contributed by atoms with Gasteiger partial charge in [0.15, 0.2) is 5.58 Å². The van der Waals surface area contributed by atoms with Crippen LogP contribution in [0.4, 0.5) is 0 Å². The average Bonchev–Trinajstić information content (AvgIpc) is 3.03. The molecule has 1 aliphatic carbocycles. The highest BCUT2D eigenvalue weighted by Crippen LogP contribution is 2.47. The molecule has 0 aliphatic heterocycles. The molecule has 4 heteroatoms. The monoisotopic (exact) mass is 233 g/mol. The van der Waals surface area contributed by atoms with Crippen molar-refractivity contribution < 1.29 is 9.52 Å². The topological polar surface area (TPSA) is 55.4 Å². The van der Waals surface area contributed by atoms with E-state index in [0.29, 0.717) is 5.58 Å². The standard InChI is InChI=1S/C13H15NO3/c1-14-10-3-2-9(6-11(10)17-12(14)16)7-13(8-15)4-5-13/h2-3,6,15H,4-5,7-8H2,1H3. The Hall–Kier alpha value is -1.55. The van der Waals surface area contributed by atoms with Crippen molar-refractivity contribution in [3.05, 3.63) is 34.3 Å². The summed E-state index contributed by atoms with van der Waals surface area (Å²) < 4.78 is 6.65. The van der Waals surface area contributed by atoms with Crippen molar-refractivity contribution in [2.45, 2.75) is 19.3 Å². The lowest BCUT2D eigenvalue weighted by Crippen LogP contribution is -2.10. The predicted octanol–water partition coefficient (Wildman–Crippen LogP) is 1.45. The number of hydrogen-bond donors (Lipinski definition) is 1. The van der Waals surface area contributed by atoms with E-state index >= 15 is 0 Å². The Labute approximate surface area is 98.5 Å². The molecule has 0 spiro atoms. The van der Waals surface area contributed by atoms with Crippen LogP contribution in [0, 0.1) is 5.41 Å². The second-order valence-corrected chi connectivity index (χ2v) is 5.06. The summed E-state index contributed by atoms with van der Waals surface area (Å²) in [5.41, 5.74) is 2.65. The van der Waals surface area contributed by atoms with Gasteiger partial charge in [0.2, 0.25) is 0 Å². The van der Waals surface area contributed by atoms with Gasteiger partial charge >= 0.3 is 5.76 Å². The minimum absolute atomic E-state index is 0.0861. The van der Waals surface area contributed by atoms with Crippen molar-refractivity contribution >= 4 is 11.1 Å². The second-order valence-electron chi connectivity index (χ2n) is 5.06. The van der Waals surface area contributed by atoms with Crippen LogP contribution in [-0.2, 0) is 13.5 Å². The van der Waals surface area contributed by atoms with Crippen molar-refractivity contribution in [1.82, 2.24) is 4.57 Å². The third kappa shape index (κ3) is 1.69. The van der Waals surface area contributed by atoms with E-state index in [4.69, 9.17) is 4.42 Å². The van der Waals surface area contributed by atoms with E-state index in [1.807, 2.05) is 18.2 Å². The van der Waals surface area contributed by atoms with Crippen LogP contribution in [0.5, 0.6) is 0 Å². The number of benzene rings is 1. The fraction of sp³-hybridized carbons (Fsp3) is 0.462. The highest BCUT2D eigenvalue weighted by molar-refractivity contribution is 5.73. The number of hydrogen-bond acceptors (Lipinski definition) is 3. The van der Waals surface area contributed by atoms with E-state index in [1.165, 1.54) is 4.57 Å². The minimum Gasteiger partial charge on any atom is -0.408 e. The number of aliphatic hydroxyl groups excluding tert-OH is 1. The zero-order valence-corrected chi connectivity index (χ0v) is 9.77. The molecule has 1 heterocycles. The molecule has 0 amide bonds. The summed E-state index contributed by atoms with van der Waals surface area (Å²) in [6.45, 7) is 0.240. The summed E-state index contributed by atoms with van der Waals surface area (Å²) in [7, 11) is 1.70. The first-order chi connectivity index (χ1) is 8.13. The fourth-order valence-corrected chi connectivity index (χ4v) is 2.29. The SMILES string of the molecule is Cn1c(=O)oc2cc(CC3(CO)CC3)ccc21. The van der Waals surface area contributed by atoms with Crippen molar-refractivity contribution in [3.8, 4) is 0 Å². The van der Waals surface area contributed by atoms with Gasteiger partial charge in [-0.25, -0.2) is 4.79 Å². The molecule has 3 rings (SSSR count). The lowest BCUT2D eigenvalue weighted by atomic mass is 9.97. The molecule has 1 saturated carbocycles. The molecular formula is C13H15NO3. The maximum Gasteiger partial charge on any atom is 0.419 e. The van der Waals surface area contributed by atoms with Gasteiger partial charge in [0.25, 0.3) is 0 Å². The molecule has 0 bridgehead atoms. The molecule has 90 valence electrons. The molecule has 17 heavy (non-hydrogen) atoms. The van der Waals surface area contributed by atoms with Gasteiger partial charge in [-0.15, -0.1) is 0 Å². The normalized spacial score (nSPS) is 17.5. The van der Waals surface area contributed by atoms with Gasteiger partial charge in [0.05, 0.1) is 5.52 Å². The number of oxazole rings is 1. The Morgan fingerprint density at radius 3 is 2.88 bits per heavy atom. The zero-order valence-electron chi connectivity index (χ0n) is 9.77. The molecule has 2 aromatic rings. The van der Waals surface area contributed by atoms with Gasteiger partial charge in [-0.2, -0.15) is 0 Å². The summed E-state index contributed by atoms with van der Waals surface area (Å²) in [5, 5.41) is 9.30. The summed E-state index contributed by atoms with van der Waals surface area (Å²) in [6.07, 6.45) is 3.03. The first-order valence-electron chi connectivity index (χ1n) is 5.83. The highest BCUT2D eigenvalue weighted by atomic mass is 16.4. The molecule has 0 saturated heterocycles. The fourth-order valence-electron chi connectivity index (χ4n) is 2.29. The predicted molar refractivity (Wildman–Crippen MR) is 63.9 cm³/mol. The first-order valence-corrected chi connectivity index (χ1v) is 5.83. The van der Waals surface area contributed by atoms with Crippen molar-refractivity contribution in [2.24, 2.45) is 12.5 Å². The van der Waals surface area contributed by atoms with Crippen LogP contribution in [0.3, 0.4) is 0 Å². The second kappa shape index (κ2) is 3.47. The maximum absolute atomic E-state index is 11.4. The molecule has 1 N–H and O–H groups in total. The Balaban J connectivity index is 1.99. The van der Waals surface area contributed by atoms with Gasteiger partial charge in [-0.3, -0.25) is 4.57 Å². The van der Waals surface area contributed by atoms with E-state index in [0.717, 1.165) is 30.3 Å². The molecular weight excluding hydrogens is 218 g/mol. The molecule has 1 aliphatic rings. The van der Waals surface area contributed by atoms with Crippen LogP contribution in [0.2, 0.25) is 0 Å². The Morgan fingerprint density at radius 2 is 2.24 bits per heavy atom. The maximum atomic E-state index is 11.4.